The van der Waals surface area contributed by atoms with E-state index in [0.29, 0.717) is 15.9 Å². The molecule has 1 unspecified atom stereocenters. The number of hydrogen-bond acceptors (Lipinski definition) is 4. The van der Waals surface area contributed by atoms with E-state index in [1.165, 1.54) is 6.07 Å². The number of carboxylic acids is 2. The van der Waals surface area contributed by atoms with Crippen LogP contribution in [0.1, 0.15) is 15.9 Å². The summed E-state index contributed by atoms with van der Waals surface area (Å²) >= 11 is 5.97. The fraction of sp³-hybridized carbons (Fsp3) is 0.0952. The molecule has 29 heavy (non-hydrogen) atoms. The highest BCUT2D eigenvalue weighted by molar-refractivity contribution is 6.31. The predicted octanol–water partition coefficient (Wildman–Crippen LogP) is 4.18. The molecule has 0 fully saturated rings. The minimum Gasteiger partial charge on any atom is -0.480 e. The highest BCUT2D eigenvalue weighted by Gasteiger charge is 2.23. The van der Waals surface area contributed by atoms with Crippen LogP contribution < -0.4 is 5.32 Å². The van der Waals surface area contributed by atoms with Crippen molar-refractivity contribution in [2.75, 3.05) is 5.32 Å². The average molecular weight is 410 g/mol. The van der Waals surface area contributed by atoms with Crippen molar-refractivity contribution in [1.29, 1.82) is 0 Å². The first-order chi connectivity index (χ1) is 13.9. The van der Waals surface area contributed by atoms with Gasteiger partial charge in [0.1, 0.15) is 17.4 Å². The maximum absolute atomic E-state index is 11.9. The molecule has 8 heteroatoms. The quantitative estimate of drug-likeness (QED) is 0.380. The lowest BCUT2D eigenvalue weighted by Gasteiger charge is -2.17. The van der Waals surface area contributed by atoms with E-state index < -0.39 is 18.0 Å². The number of aromatic carboxylic acids is 1. The van der Waals surface area contributed by atoms with Crippen molar-refractivity contribution in [3.05, 3.63) is 70.9 Å². The second-order valence-corrected chi connectivity index (χ2v) is 7.06. The molecule has 2 aromatic heterocycles. The second kappa shape index (κ2) is 7.44. The van der Waals surface area contributed by atoms with Gasteiger partial charge in [0.2, 0.25) is 0 Å². The summed E-state index contributed by atoms with van der Waals surface area (Å²) in [5, 5.41) is 24.0. The number of nitrogens with zero attached hydrogens (tertiary/aromatic N) is 1. The highest BCUT2D eigenvalue weighted by Crippen LogP contribution is 2.25. The lowest BCUT2D eigenvalue weighted by molar-refractivity contribution is -0.137. The van der Waals surface area contributed by atoms with E-state index in [1.807, 2.05) is 24.3 Å². The van der Waals surface area contributed by atoms with Gasteiger partial charge in [0.15, 0.2) is 0 Å². The van der Waals surface area contributed by atoms with Crippen LogP contribution in [0.5, 0.6) is 0 Å². The summed E-state index contributed by atoms with van der Waals surface area (Å²) in [6.07, 6.45) is 1.91. The molecule has 0 saturated carbocycles. The molecule has 4 aromatic rings. The Morgan fingerprint density at radius 2 is 1.93 bits per heavy atom. The van der Waals surface area contributed by atoms with Crippen LogP contribution in [-0.4, -0.2) is 38.2 Å². The number of hydrogen-bond donors (Lipinski definition) is 4. The fourth-order valence-corrected chi connectivity index (χ4v) is 3.49. The van der Waals surface area contributed by atoms with Crippen LogP contribution in [0.15, 0.2) is 54.7 Å². The number of pyridine rings is 1. The number of carbonyl (C=O) groups is 2. The number of halogens is 1. The number of aromatic nitrogens is 2. The number of aliphatic carboxylic acids is 1. The molecule has 7 nitrogen and oxygen atoms in total. The molecule has 0 amide bonds. The summed E-state index contributed by atoms with van der Waals surface area (Å²) in [4.78, 5) is 31.1. The summed E-state index contributed by atoms with van der Waals surface area (Å²) in [6.45, 7) is 0. The van der Waals surface area contributed by atoms with Crippen LogP contribution in [0.4, 0.5) is 5.82 Å². The lowest BCUT2D eigenvalue weighted by atomic mass is 10.0. The number of carboxylic acid groups (broad SMARTS) is 2. The number of H-pyrrole nitrogens is 1. The lowest BCUT2D eigenvalue weighted by Crippen LogP contribution is -2.32. The molecule has 0 saturated heterocycles. The van der Waals surface area contributed by atoms with Crippen molar-refractivity contribution >= 4 is 51.2 Å². The molecule has 2 heterocycles. The van der Waals surface area contributed by atoms with E-state index >= 15 is 0 Å². The normalized spacial score (nSPS) is 12.2. The molecule has 0 aliphatic carbocycles. The largest absolute Gasteiger partial charge is 0.480 e. The summed E-state index contributed by atoms with van der Waals surface area (Å²) in [5.74, 6) is -2.32. The van der Waals surface area contributed by atoms with E-state index in [2.05, 4.69) is 15.3 Å². The number of aromatic amines is 1. The molecule has 4 rings (SSSR count). The number of rotatable bonds is 6. The first-order valence-electron chi connectivity index (χ1n) is 8.80. The molecule has 146 valence electrons. The molecule has 0 aliphatic heterocycles. The number of fused-ring (bicyclic) bond motifs is 2. The third-order valence-electron chi connectivity index (χ3n) is 4.72. The zero-order valence-electron chi connectivity index (χ0n) is 15.0. The molecule has 0 radical (unpaired) electrons. The molecule has 4 N–H and O–H groups in total. The summed E-state index contributed by atoms with van der Waals surface area (Å²) in [7, 11) is 0. The smallest absolute Gasteiger partial charge is 0.339 e. The standard InChI is InChI=1S/C21H16ClN3O4/c22-13-5-6-16-11(7-13)8-15(20(26)27)19(24-16)25-18(21(28)29)9-12-10-23-17-4-2-1-3-14(12)17/h1-8,10,18,23H,9H2,(H,24,25)(H,26,27)(H,28,29). The SMILES string of the molecule is O=C(O)c1cc2cc(Cl)ccc2nc1NC(Cc1c[nH]c2ccccc12)C(=O)O. The number of benzene rings is 2. The van der Waals surface area contributed by atoms with E-state index in [-0.39, 0.29) is 17.8 Å². The van der Waals surface area contributed by atoms with Gasteiger partial charge in [-0.3, -0.25) is 0 Å². The predicted molar refractivity (Wildman–Crippen MR) is 111 cm³/mol. The van der Waals surface area contributed by atoms with Gasteiger partial charge in [-0.1, -0.05) is 29.8 Å². The van der Waals surface area contributed by atoms with E-state index in [9.17, 15) is 19.8 Å². The van der Waals surface area contributed by atoms with Gasteiger partial charge in [-0.05, 0) is 35.9 Å². The average Bonchev–Trinajstić information content (AvgIpc) is 3.10. The maximum atomic E-state index is 11.9. The molecule has 2 aromatic carbocycles. The van der Waals surface area contributed by atoms with Crippen molar-refractivity contribution in [2.45, 2.75) is 12.5 Å². The minimum absolute atomic E-state index is 0.000404. The van der Waals surface area contributed by atoms with Crippen molar-refractivity contribution in [3.63, 3.8) is 0 Å². The zero-order valence-corrected chi connectivity index (χ0v) is 15.8. The Kier molecular flexibility index (Phi) is 4.82. The number of nitrogens with one attached hydrogen (secondary N) is 2. The Balaban J connectivity index is 1.72. The van der Waals surface area contributed by atoms with Gasteiger partial charge >= 0.3 is 11.9 Å². The maximum Gasteiger partial charge on any atom is 0.339 e. The monoisotopic (exact) mass is 409 g/mol. The minimum atomic E-state index is -1.21. The topological polar surface area (TPSA) is 115 Å². The number of anilines is 1. The van der Waals surface area contributed by atoms with E-state index in [0.717, 1.165) is 16.5 Å². The Bertz CT molecular complexity index is 1250. The molecule has 1 atom stereocenters. The molecular weight excluding hydrogens is 394 g/mol. The first-order valence-corrected chi connectivity index (χ1v) is 9.18. The number of para-hydroxylation sites is 1. The summed E-state index contributed by atoms with van der Waals surface area (Å²) in [6, 6.07) is 12.9. The van der Waals surface area contributed by atoms with Gasteiger partial charge in [-0.2, -0.15) is 0 Å². The zero-order chi connectivity index (χ0) is 20.5. The van der Waals surface area contributed by atoms with Crippen LogP contribution in [-0.2, 0) is 11.2 Å². The van der Waals surface area contributed by atoms with Gasteiger partial charge in [-0.25, -0.2) is 14.6 Å². The first kappa shape index (κ1) is 18.8. The van der Waals surface area contributed by atoms with Crippen LogP contribution >= 0.6 is 11.6 Å². The Labute approximate surface area is 170 Å². The van der Waals surface area contributed by atoms with Crippen molar-refractivity contribution < 1.29 is 19.8 Å². The van der Waals surface area contributed by atoms with Crippen LogP contribution in [0.3, 0.4) is 0 Å². The van der Waals surface area contributed by atoms with Crippen LogP contribution in [0, 0.1) is 0 Å². The summed E-state index contributed by atoms with van der Waals surface area (Å²) in [5.41, 5.74) is 2.10. The van der Waals surface area contributed by atoms with Gasteiger partial charge in [0.25, 0.3) is 0 Å². The van der Waals surface area contributed by atoms with Crippen molar-refractivity contribution in [2.24, 2.45) is 0 Å². The van der Waals surface area contributed by atoms with Gasteiger partial charge in [-0.15, -0.1) is 0 Å². The Morgan fingerprint density at radius 3 is 2.69 bits per heavy atom. The molecule has 0 bridgehead atoms. The van der Waals surface area contributed by atoms with Crippen molar-refractivity contribution in [3.8, 4) is 0 Å². The Hall–Kier alpha value is -3.58. The van der Waals surface area contributed by atoms with Crippen molar-refractivity contribution in [1.82, 2.24) is 9.97 Å². The molecular formula is C21H16ClN3O4. The van der Waals surface area contributed by atoms with E-state index in [1.54, 1.807) is 24.4 Å². The van der Waals surface area contributed by atoms with Gasteiger partial charge in [0.05, 0.1) is 5.52 Å². The third kappa shape index (κ3) is 3.72. The third-order valence-corrected chi connectivity index (χ3v) is 4.95. The Morgan fingerprint density at radius 1 is 1.14 bits per heavy atom. The molecule has 0 spiro atoms. The van der Waals surface area contributed by atoms with E-state index in [4.69, 9.17) is 11.6 Å². The van der Waals surface area contributed by atoms with Crippen LogP contribution in [0.2, 0.25) is 5.02 Å². The fourth-order valence-electron chi connectivity index (χ4n) is 3.31. The van der Waals surface area contributed by atoms with Gasteiger partial charge in [0, 0.05) is 33.9 Å². The second-order valence-electron chi connectivity index (χ2n) is 6.63. The highest BCUT2D eigenvalue weighted by atomic mass is 35.5. The summed E-state index contributed by atoms with van der Waals surface area (Å²) < 4.78 is 0. The molecule has 0 aliphatic rings. The van der Waals surface area contributed by atoms with Crippen LogP contribution in [0.25, 0.3) is 21.8 Å². The van der Waals surface area contributed by atoms with Gasteiger partial charge < -0.3 is 20.5 Å².